The number of amides is 1. The highest BCUT2D eigenvalue weighted by Gasteiger charge is 2.18. The fourth-order valence-electron chi connectivity index (χ4n) is 2.52. The van der Waals surface area contributed by atoms with Gasteiger partial charge in [-0.2, -0.15) is 0 Å². The summed E-state index contributed by atoms with van der Waals surface area (Å²) in [7, 11) is 1.54. The highest BCUT2D eigenvalue weighted by Crippen LogP contribution is 2.26. The first-order valence-electron chi connectivity index (χ1n) is 7.22. The van der Waals surface area contributed by atoms with Crippen molar-refractivity contribution < 1.29 is 14.6 Å². The van der Waals surface area contributed by atoms with Crippen molar-refractivity contribution in [1.29, 1.82) is 0 Å². The van der Waals surface area contributed by atoms with Crippen molar-refractivity contribution in [2.45, 2.75) is 25.4 Å². The summed E-state index contributed by atoms with van der Waals surface area (Å²) in [5.41, 5.74) is 6.89. The number of ether oxygens (including phenoxy) is 1. The first kappa shape index (κ1) is 15.6. The zero-order valence-corrected chi connectivity index (χ0v) is 12.3. The van der Waals surface area contributed by atoms with Gasteiger partial charge in [0.25, 0.3) is 0 Å². The van der Waals surface area contributed by atoms with E-state index in [0.717, 1.165) is 19.4 Å². The van der Waals surface area contributed by atoms with Crippen LogP contribution in [0.1, 0.15) is 19.3 Å². The predicted octanol–water partition coefficient (Wildman–Crippen LogP) is 1.06. The van der Waals surface area contributed by atoms with E-state index in [2.05, 4.69) is 10.2 Å². The third-order valence-corrected chi connectivity index (χ3v) is 3.64. The molecule has 0 saturated carbocycles. The zero-order valence-electron chi connectivity index (χ0n) is 12.3. The summed E-state index contributed by atoms with van der Waals surface area (Å²) in [6.45, 7) is 2.24. The van der Waals surface area contributed by atoms with Crippen LogP contribution in [-0.4, -0.2) is 48.8 Å². The Labute approximate surface area is 124 Å². The van der Waals surface area contributed by atoms with Crippen LogP contribution in [0.25, 0.3) is 0 Å². The lowest BCUT2D eigenvalue weighted by Crippen LogP contribution is -2.39. The van der Waals surface area contributed by atoms with Crippen LogP contribution in [0.15, 0.2) is 18.2 Å². The Morgan fingerprint density at radius 1 is 1.57 bits per heavy atom. The van der Waals surface area contributed by atoms with E-state index in [1.807, 2.05) is 0 Å². The number of methoxy groups -OCH3 is 1. The van der Waals surface area contributed by atoms with Gasteiger partial charge >= 0.3 is 0 Å². The van der Waals surface area contributed by atoms with Crippen molar-refractivity contribution in [3.8, 4) is 5.75 Å². The van der Waals surface area contributed by atoms with Gasteiger partial charge in [0.2, 0.25) is 5.91 Å². The van der Waals surface area contributed by atoms with Gasteiger partial charge in [-0.05, 0) is 31.5 Å². The monoisotopic (exact) mass is 293 g/mol. The Kier molecular flexibility index (Phi) is 5.41. The number of nitrogen functional groups attached to an aromatic ring is 1. The number of benzene rings is 1. The molecule has 0 aromatic heterocycles. The van der Waals surface area contributed by atoms with Crippen molar-refractivity contribution >= 4 is 17.3 Å². The van der Waals surface area contributed by atoms with Crippen LogP contribution in [0.5, 0.6) is 5.75 Å². The molecule has 1 fully saturated rings. The fraction of sp³-hybridized carbons (Fsp3) is 0.533. The number of nitrogens with two attached hydrogens (primary N) is 1. The van der Waals surface area contributed by atoms with Crippen LogP contribution in [0.2, 0.25) is 0 Å². The summed E-state index contributed by atoms with van der Waals surface area (Å²) < 4.78 is 5.20. The van der Waals surface area contributed by atoms with Crippen LogP contribution in [0.3, 0.4) is 0 Å². The van der Waals surface area contributed by atoms with Crippen LogP contribution in [-0.2, 0) is 4.79 Å². The van der Waals surface area contributed by atoms with E-state index in [1.165, 1.54) is 0 Å². The number of rotatable bonds is 5. The van der Waals surface area contributed by atoms with Gasteiger partial charge in [0.1, 0.15) is 5.75 Å². The molecular formula is C15H23N3O3. The third kappa shape index (κ3) is 4.61. The van der Waals surface area contributed by atoms with Gasteiger partial charge < -0.3 is 25.8 Å². The SMILES string of the molecule is COc1cc(N)ccc1NC(=O)CCN1CCCC(O)C1. The van der Waals surface area contributed by atoms with E-state index in [9.17, 15) is 9.90 Å². The van der Waals surface area contributed by atoms with E-state index >= 15 is 0 Å². The Bertz CT molecular complexity index is 493. The van der Waals surface area contributed by atoms with Crippen LogP contribution in [0.4, 0.5) is 11.4 Å². The second-order valence-corrected chi connectivity index (χ2v) is 5.35. The number of aliphatic hydroxyl groups excluding tert-OH is 1. The molecule has 116 valence electrons. The van der Waals surface area contributed by atoms with E-state index in [4.69, 9.17) is 10.5 Å². The van der Waals surface area contributed by atoms with Gasteiger partial charge in [-0.1, -0.05) is 0 Å². The smallest absolute Gasteiger partial charge is 0.225 e. The fourth-order valence-corrected chi connectivity index (χ4v) is 2.52. The van der Waals surface area contributed by atoms with Gasteiger partial charge in [0.05, 0.1) is 18.9 Å². The van der Waals surface area contributed by atoms with Crippen LogP contribution < -0.4 is 15.8 Å². The quantitative estimate of drug-likeness (QED) is 0.707. The highest BCUT2D eigenvalue weighted by molar-refractivity contribution is 5.92. The maximum atomic E-state index is 12.0. The second kappa shape index (κ2) is 7.28. The van der Waals surface area contributed by atoms with Gasteiger partial charge in [-0.3, -0.25) is 4.79 Å². The Hall–Kier alpha value is -1.79. The number of hydrogen-bond acceptors (Lipinski definition) is 5. The average molecular weight is 293 g/mol. The maximum absolute atomic E-state index is 12.0. The zero-order chi connectivity index (χ0) is 15.2. The lowest BCUT2D eigenvalue weighted by atomic mass is 10.1. The molecule has 2 rings (SSSR count). The summed E-state index contributed by atoms with van der Waals surface area (Å²) in [6, 6.07) is 5.13. The Morgan fingerprint density at radius 3 is 3.10 bits per heavy atom. The number of piperidine rings is 1. The molecule has 1 atom stereocenters. The van der Waals surface area contributed by atoms with Gasteiger partial charge in [-0.25, -0.2) is 0 Å². The van der Waals surface area contributed by atoms with E-state index < -0.39 is 0 Å². The molecule has 21 heavy (non-hydrogen) atoms. The molecule has 0 spiro atoms. The lowest BCUT2D eigenvalue weighted by Gasteiger charge is -2.29. The highest BCUT2D eigenvalue weighted by atomic mass is 16.5. The molecule has 0 radical (unpaired) electrons. The van der Waals surface area contributed by atoms with E-state index in [-0.39, 0.29) is 12.0 Å². The molecule has 1 saturated heterocycles. The lowest BCUT2D eigenvalue weighted by molar-refractivity contribution is -0.116. The first-order valence-corrected chi connectivity index (χ1v) is 7.22. The molecule has 4 N–H and O–H groups in total. The van der Waals surface area contributed by atoms with Crippen LogP contribution in [0, 0.1) is 0 Å². The number of likely N-dealkylation sites (tertiary alicyclic amines) is 1. The second-order valence-electron chi connectivity index (χ2n) is 5.35. The Morgan fingerprint density at radius 2 is 2.38 bits per heavy atom. The first-order chi connectivity index (χ1) is 10.1. The molecule has 1 aliphatic rings. The molecule has 0 bridgehead atoms. The summed E-state index contributed by atoms with van der Waals surface area (Å²) in [5, 5.41) is 12.4. The number of β-amino-alcohol motifs (C(OH)–C–C–N with tert-alkyl or cyclic N) is 1. The summed E-state index contributed by atoms with van der Waals surface area (Å²) >= 11 is 0. The minimum atomic E-state index is -0.265. The topological polar surface area (TPSA) is 87.8 Å². The van der Waals surface area contributed by atoms with Crippen molar-refractivity contribution in [2.24, 2.45) is 0 Å². The third-order valence-electron chi connectivity index (χ3n) is 3.64. The van der Waals surface area contributed by atoms with Crippen molar-refractivity contribution in [2.75, 3.05) is 37.8 Å². The number of anilines is 2. The van der Waals surface area contributed by atoms with E-state index in [0.29, 0.717) is 36.6 Å². The molecule has 0 aliphatic carbocycles. The molecule has 1 aliphatic heterocycles. The molecule has 6 heteroatoms. The van der Waals surface area contributed by atoms with Gasteiger partial charge in [0.15, 0.2) is 0 Å². The largest absolute Gasteiger partial charge is 0.494 e. The van der Waals surface area contributed by atoms with Gasteiger partial charge in [-0.15, -0.1) is 0 Å². The molecule has 1 unspecified atom stereocenters. The Balaban J connectivity index is 1.84. The summed E-state index contributed by atoms with van der Waals surface area (Å²) in [5.74, 6) is 0.481. The van der Waals surface area contributed by atoms with Crippen molar-refractivity contribution in [3.05, 3.63) is 18.2 Å². The minimum Gasteiger partial charge on any atom is -0.494 e. The standard InChI is InChI=1S/C15H23N3O3/c1-21-14-9-11(16)4-5-13(14)17-15(20)6-8-18-7-2-3-12(19)10-18/h4-5,9,12,19H,2-3,6-8,10,16H2,1H3,(H,17,20). The molecular weight excluding hydrogens is 270 g/mol. The molecule has 1 amide bonds. The number of hydrogen-bond donors (Lipinski definition) is 3. The molecule has 1 aromatic rings. The summed E-state index contributed by atoms with van der Waals surface area (Å²) in [4.78, 5) is 14.1. The maximum Gasteiger partial charge on any atom is 0.225 e. The minimum absolute atomic E-state index is 0.0712. The van der Waals surface area contributed by atoms with Crippen LogP contribution >= 0.6 is 0 Å². The molecule has 1 aromatic carbocycles. The summed E-state index contributed by atoms with van der Waals surface area (Å²) in [6.07, 6.45) is 1.96. The number of carbonyl (C=O) groups excluding carboxylic acids is 1. The normalized spacial score (nSPS) is 19.2. The van der Waals surface area contributed by atoms with Crippen molar-refractivity contribution in [3.63, 3.8) is 0 Å². The predicted molar refractivity (Wildman–Crippen MR) is 82.3 cm³/mol. The number of aliphatic hydroxyl groups is 1. The molecule has 1 heterocycles. The number of carbonyl (C=O) groups is 1. The number of nitrogens with zero attached hydrogens (tertiary/aromatic N) is 1. The average Bonchev–Trinajstić information content (AvgIpc) is 2.47. The number of nitrogens with one attached hydrogen (secondary N) is 1. The molecule has 6 nitrogen and oxygen atoms in total. The van der Waals surface area contributed by atoms with Gasteiger partial charge in [0, 0.05) is 31.3 Å². The van der Waals surface area contributed by atoms with Crippen molar-refractivity contribution in [1.82, 2.24) is 4.90 Å². The van der Waals surface area contributed by atoms with E-state index in [1.54, 1.807) is 25.3 Å².